The standard InChI is InChI=1S/C28H32O2S/c1-26(2)14-27(3,4)16-28(15-26)20-10-8-7-9-17(20)25-19-12-24(31-6)23(30-5)11-18(19)22(29)13-21(25)28/h7-13,29H,14-16H2,1-6H3. The summed E-state index contributed by atoms with van der Waals surface area (Å²) in [6.45, 7) is 9.64. The van der Waals surface area contributed by atoms with Crippen molar-refractivity contribution in [3.8, 4) is 22.6 Å². The first-order valence-corrected chi connectivity index (χ1v) is 12.4. The summed E-state index contributed by atoms with van der Waals surface area (Å²) in [7, 11) is 1.70. The van der Waals surface area contributed by atoms with Gasteiger partial charge in [0.2, 0.25) is 0 Å². The summed E-state index contributed by atoms with van der Waals surface area (Å²) in [6, 6.07) is 15.2. The maximum Gasteiger partial charge on any atom is 0.133 e. The number of fused-ring (bicyclic) bond motifs is 7. The fraction of sp³-hybridized carbons (Fsp3) is 0.429. The number of hydrogen-bond acceptors (Lipinski definition) is 3. The van der Waals surface area contributed by atoms with Crippen LogP contribution in [-0.4, -0.2) is 18.5 Å². The fourth-order valence-corrected chi connectivity index (χ4v) is 7.74. The van der Waals surface area contributed by atoms with Crippen LogP contribution in [0.3, 0.4) is 0 Å². The minimum Gasteiger partial charge on any atom is -0.507 e. The molecule has 1 fully saturated rings. The predicted molar refractivity (Wildman–Crippen MR) is 132 cm³/mol. The van der Waals surface area contributed by atoms with Crippen LogP contribution in [0.2, 0.25) is 0 Å². The van der Waals surface area contributed by atoms with Crippen LogP contribution in [0.25, 0.3) is 21.9 Å². The van der Waals surface area contributed by atoms with Crippen molar-refractivity contribution in [2.75, 3.05) is 13.4 Å². The highest BCUT2D eigenvalue weighted by atomic mass is 32.2. The highest BCUT2D eigenvalue weighted by Crippen LogP contribution is 2.64. The first kappa shape index (κ1) is 20.8. The molecular weight excluding hydrogens is 400 g/mol. The monoisotopic (exact) mass is 432 g/mol. The molecule has 1 saturated carbocycles. The van der Waals surface area contributed by atoms with E-state index in [4.69, 9.17) is 4.74 Å². The second kappa shape index (κ2) is 6.68. The van der Waals surface area contributed by atoms with Gasteiger partial charge < -0.3 is 9.84 Å². The van der Waals surface area contributed by atoms with Gasteiger partial charge in [0.1, 0.15) is 11.5 Å². The Morgan fingerprint density at radius 1 is 0.871 bits per heavy atom. The molecule has 3 aromatic rings. The van der Waals surface area contributed by atoms with Crippen molar-refractivity contribution in [2.45, 2.75) is 57.3 Å². The third-order valence-electron chi connectivity index (χ3n) is 7.36. The number of methoxy groups -OCH3 is 1. The van der Waals surface area contributed by atoms with E-state index in [-0.39, 0.29) is 16.2 Å². The fourth-order valence-electron chi connectivity index (χ4n) is 7.16. The number of phenols is 1. The zero-order chi connectivity index (χ0) is 22.2. The van der Waals surface area contributed by atoms with Crippen LogP contribution in [0.15, 0.2) is 47.4 Å². The van der Waals surface area contributed by atoms with Gasteiger partial charge in [-0.3, -0.25) is 0 Å². The van der Waals surface area contributed by atoms with Gasteiger partial charge in [0.15, 0.2) is 0 Å². The quantitative estimate of drug-likeness (QED) is 0.419. The van der Waals surface area contributed by atoms with Crippen molar-refractivity contribution in [3.63, 3.8) is 0 Å². The van der Waals surface area contributed by atoms with Gasteiger partial charge in [-0.15, -0.1) is 11.8 Å². The number of hydrogen-bond donors (Lipinski definition) is 1. The average Bonchev–Trinajstić information content (AvgIpc) is 2.94. The molecule has 162 valence electrons. The Labute approximate surface area is 190 Å². The number of thioether (sulfide) groups is 1. The minimum atomic E-state index is -0.0672. The number of phenolic OH excluding ortho intramolecular Hbond substituents is 1. The molecule has 0 radical (unpaired) electrons. The molecule has 0 saturated heterocycles. The van der Waals surface area contributed by atoms with Gasteiger partial charge in [-0.05, 0) is 82.2 Å². The zero-order valence-electron chi connectivity index (χ0n) is 19.4. The number of rotatable bonds is 2. The van der Waals surface area contributed by atoms with E-state index < -0.39 is 0 Å². The minimum absolute atomic E-state index is 0.0672. The lowest BCUT2D eigenvalue weighted by molar-refractivity contribution is 0.0645. The Bertz CT molecular complexity index is 1190. The topological polar surface area (TPSA) is 29.5 Å². The molecule has 0 aromatic heterocycles. The van der Waals surface area contributed by atoms with E-state index in [1.165, 1.54) is 28.7 Å². The van der Waals surface area contributed by atoms with Crippen LogP contribution in [-0.2, 0) is 5.41 Å². The molecule has 31 heavy (non-hydrogen) atoms. The molecule has 0 amide bonds. The predicted octanol–water partition coefficient (Wildman–Crippen LogP) is 7.78. The molecule has 0 aliphatic heterocycles. The first-order chi connectivity index (χ1) is 14.6. The van der Waals surface area contributed by atoms with Crippen molar-refractivity contribution >= 4 is 22.5 Å². The van der Waals surface area contributed by atoms with E-state index in [2.05, 4.69) is 70.3 Å². The Kier molecular flexibility index (Phi) is 4.47. The summed E-state index contributed by atoms with van der Waals surface area (Å²) in [5, 5.41) is 13.2. The molecule has 1 spiro atoms. The lowest BCUT2D eigenvalue weighted by Crippen LogP contribution is -2.43. The van der Waals surface area contributed by atoms with Gasteiger partial charge in [0.05, 0.1) is 7.11 Å². The van der Waals surface area contributed by atoms with E-state index in [1.807, 2.05) is 6.07 Å². The lowest BCUT2D eigenvalue weighted by atomic mass is 9.52. The SMILES string of the molecule is COc1cc2c(O)cc3c(c2cc1SC)-c1ccccc1C31CC(C)(C)CC(C)(C)C1. The third-order valence-corrected chi connectivity index (χ3v) is 8.12. The molecule has 0 heterocycles. The van der Waals surface area contributed by atoms with Crippen LogP contribution in [0.4, 0.5) is 0 Å². The molecule has 3 heteroatoms. The van der Waals surface area contributed by atoms with Gasteiger partial charge in [0.25, 0.3) is 0 Å². The second-order valence-corrected chi connectivity index (χ2v) is 11.9. The summed E-state index contributed by atoms with van der Waals surface area (Å²) >= 11 is 1.69. The Balaban J connectivity index is 1.90. The highest BCUT2D eigenvalue weighted by molar-refractivity contribution is 7.98. The Morgan fingerprint density at radius 2 is 1.55 bits per heavy atom. The highest BCUT2D eigenvalue weighted by Gasteiger charge is 2.53. The summed E-state index contributed by atoms with van der Waals surface area (Å²) in [5.74, 6) is 1.17. The maximum atomic E-state index is 11.2. The van der Waals surface area contributed by atoms with E-state index in [9.17, 15) is 5.11 Å². The number of ether oxygens (including phenoxy) is 1. The van der Waals surface area contributed by atoms with Crippen LogP contribution in [0.1, 0.15) is 58.1 Å². The molecule has 0 atom stereocenters. The molecule has 0 bridgehead atoms. The lowest BCUT2D eigenvalue weighted by Gasteiger charge is -2.51. The van der Waals surface area contributed by atoms with E-state index in [0.29, 0.717) is 5.75 Å². The summed E-state index contributed by atoms with van der Waals surface area (Å²) in [5.41, 5.74) is 5.75. The molecule has 2 aliphatic rings. The Morgan fingerprint density at radius 3 is 2.19 bits per heavy atom. The van der Waals surface area contributed by atoms with Gasteiger partial charge in [-0.1, -0.05) is 52.0 Å². The van der Waals surface area contributed by atoms with E-state index >= 15 is 0 Å². The molecular formula is C28H32O2S. The van der Waals surface area contributed by atoms with Crippen molar-refractivity contribution in [2.24, 2.45) is 10.8 Å². The van der Waals surface area contributed by atoms with Gasteiger partial charge in [0, 0.05) is 15.7 Å². The van der Waals surface area contributed by atoms with Gasteiger partial charge in [-0.2, -0.15) is 0 Å². The first-order valence-electron chi connectivity index (χ1n) is 11.1. The zero-order valence-corrected chi connectivity index (χ0v) is 20.2. The van der Waals surface area contributed by atoms with Crippen molar-refractivity contribution in [1.82, 2.24) is 0 Å². The van der Waals surface area contributed by atoms with Gasteiger partial charge >= 0.3 is 0 Å². The molecule has 5 rings (SSSR count). The van der Waals surface area contributed by atoms with Crippen LogP contribution >= 0.6 is 11.8 Å². The summed E-state index contributed by atoms with van der Waals surface area (Å²) < 4.78 is 5.62. The van der Waals surface area contributed by atoms with E-state index in [0.717, 1.165) is 34.3 Å². The van der Waals surface area contributed by atoms with Crippen LogP contribution < -0.4 is 4.74 Å². The molecule has 3 aromatic carbocycles. The van der Waals surface area contributed by atoms with Crippen molar-refractivity contribution in [1.29, 1.82) is 0 Å². The third kappa shape index (κ3) is 3.00. The van der Waals surface area contributed by atoms with Crippen molar-refractivity contribution in [3.05, 3.63) is 53.6 Å². The maximum absolute atomic E-state index is 11.2. The second-order valence-electron chi connectivity index (χ2n) is 11.1. The number of aromatic hydroxyl groups is 1. The summed E-state index contributed by atoms with van der Waals surface area (Å²) in [6.07, 6.45) is 5.49. The molecule has 2 aliphatic carbocycles. The number of benzene rings is 3. The van der Waals surface area contributed by atoms with Crippen LogP contribution in [0.5, 0.6) is 11.5 Å². The van der Waals surface area contributed by atoms with Crippen molar-refractivity contribution < 1.29 is 9.84 Å². The molecule has 2 nitrogen and oxygen atoms in total. The molecule has 0 unspecified atom stereocenters. The largest absolute Gasteiger partial charge is 0.507 e. The van der Waals surface area contributed by atoms with E-state index in [1.54, 1.807) is 18.9 Å². The van der Waals surface area contributed by atoms with Crippen LogP contribution in [0, 0.1) is 10.8 Å². The average molecular weight is 433 g/mol. The summed E-state index contributed by atoms with van der Waals surface area (Å²) in [4.78, 5) is 1.10. The smallest absolute Gasteiger partial charge is 0.133 e. The molecule has 1 N–H and O–H groups in total. The Hall–Kier alpha value is -2.13. The normalized spacial score (nSPS) is 19.9. The van der Waals surface area contributed by atoms with Gasteiger partial charge in [-0.25, -0.2) is 0 Å².